The molecule has 0 saturated carbocycles. The minimum atomic E-state index is -0.894. The van der Waals surface area contributed by atoms with E-state index in [0.29, 0.717) is 5.56 Å². The van der Waals surface area contributed by atoms with Crippen LogP contribution in [0.3, 0.4) is 0 Å². The summed E-state index contributed by atoms with van der Waals surface area (Å²) < 4.78 is 0. The van der Waals surface area contributed by atoms with Crippen molar-refractivity contribution < 1.29 is 9.90 Å². The second-order valence-corrected chi connectivity index (χ2v) is 6.14. The molecule has 0 spiro atoms. The van der Waals surface area contributed by atoms with Gasteiger partial charge in [-0.3, -0.25) is 0 Å². The molecule has 3 N–H and O–H groups in total. The van der Waals surface area contributed by atoms with Crippen molar-refractivity contribution in [2.24, 2.45) is 0 Å². The maximum atomic E-state index is 10.9. The van der Waals surface area contributed by atoms with Crippen LogP contribution in [0.15, 0.2) is 47.4 Å². The minimum absolute atomic E-state index is 0.317. The maximum Gasteiger partial charge on any atom is 0.335 e. The Morgan fingerprint density at radius 2 is 2.00 bits per heavy atom. The summed E-state index contributed by atoms with van der Waals surface area (Å²) in [4.78, 5) is 14.4. The molecule has 2 aromatic rings. The molecule has 1 aliphatic heterocycles. The summed E-state index contributed by atoms with van der Waals surface area (Å²) in [6, 6.07) is 13.0. The molecular weight excluding hydrogens is 284 g/mol. The third-order valence-electron chi connectivity index (χ3n) is 3.52. The predicted molar refractivity (Wildman–Crippen MR) is 86.0 cm³/mol. The van der Waals surface area contributed by atoms with Crippen molar-refractivity contribution in [3.8, 4) is 0 Å². The van der Waals surface area contributed by atoms with Gasteiger partial charge in [-0.25, -0.2) is 4.79 Å². The molecule has 0 amide bonds. The monoisotopic (exact) mass is 300 g/mol. The largest absolute Gasteiger partial charge is 0.478 e. The third-order valence-corrected chi connectivity index (χ3v) is 4.56. The van der Waals surface area contributed by atoms with Crippen LogP contribution in [0.4, 0.5) is 11.4 Å². The lowest BCUT2D eigenvalue weighted by Gasteiger charge is -2.31. The third kappa shape index (κ3) is 2.97. The van der Waals surface area contributed by atoms with Crippen LogP contribution in [0.1, 0.15) is 15.9 Å². The molecule has 1 aliphatic rings. The van der Waals surface area contributed by atoms with Gasteiger partial charge < -0.3 is 15.7 Å². The van der Waals surface area contributed by atoms with Gasteiger partial charge in [-0.1, -0.05) is 12.1 Å². The molecule has 2 aromatic carbocycles. The van der Waals surface area contributed by atoms with Crippen LogP contribution in [0.5, 0.6) is 0 Å². The average Bonchev–Trinajstić information content (AvgIpc) is 2.48. The van der Waals surface area contributed by atoms with Crippen molar-refractivity contribution in [1.82, 2.24) is 0 Å². The van der Waals surface area contributed by atoms with E-state index >= 15 is 0 Å². The number of benzene rings is 2. The first-order valence-electron chi connectivity index (χ1n) is 6.73. The molecule has 0 bridgehead atoms. The van der Waals surface area contributed by atoms with E-state index in [9.17, 15) is 4.79 Å². The van der Waals surface area contributed by atoms with Crippen LogP contribution < -0.4 is 10.6 Å². The van der Waals surface area contributed by atoms with E-state index in [4.69, 9.17) is 10.8 Å². The van der Waals surface area contributed by atoms with Crippen LogP contribution in [0, 0.1) is 0 Å². The fraction of sp³-hybridized carbons (Fsp3) is 0.188. The van der Waals surface area contributed by atoms with Crippen LogP contribution in [0.2, 0.25) is 0 Å². The topological polar surface area (TPSA) is 66.6 Å². The Morgan fingerprint density at radius 1 is 1.24 bits per heavy atom. The summed E-state index contributed by atoms with van der Waals surface area (Å²) in [5.41, 5.74) is 9.23. The van der Waals surface area contributed by atoms with E-state index in [-0.39, 0.29) is 0 Å². The fourth-order valence-corrected chi connectivity index (χ4v) is 3.46. The van der Waals surface area contributed by atoms with Gasteiger partial charge in [0.1, 0.15) is 0 Å². The van der Waals surface area contributed by atoms with Crippen molar-refractivity contribution in [3.05, 3.63) is 53.6 Å². The first-order chi connectivity index (χ1) is 10.1. The highest BCUT2D eigenvalue weighted by atomic mass is 32.2. The number of nitrogen functional groups attached to an aromatic ring is 1. The quantitative estimate of drug-likeness (QED) is 0.853. The smallest absolute Gasteiger partial charge is 0.335 e. The van der Waals surface area contributed by atoms with Gasteiger partial charge in [-0.05, 0) is 35.9 Å². The molecule has 21 heavy (non-hydrogen) atoms. The van der Waals surface area contributed by atoms with Gasteiger partial charge in [0.15, 0.2) is 0 Å². The zero-order chi connectivity index (χ0) is 14.8. The van der Waals surface area contributed by atoms with Crippen molar-refractivity contribution in [2.75, 3.05) is 22.9 Å². The predicted octanol–water partition coefficient (Wildman–Crippen LogP) is 3.08. The van der Waals surface area contributed by atoms with Gasteiger partial charge in [0.2, 0.25) is 0 Å². The summed E-state index contributed by atoms with van der Waals surface area (Å²) in [7, 11) is 0. The molecule has 0 unspecified atom stereocenters. The number of anilines is 2. The van der Waals surface area contributed by atoms with Gasteiger partial charge in [0.05, 0.1) is 11.3 Å². The molecule has 5 heteroatoms. The highest BCUT2D eigenvalue weighted by molar-refractivity contribution is 7.99. The lowest BCUT2D eigenvalue weighted by Crippen LogP contribution is -2.28. The summed E-state index contributed by atoms with van der Waals surface area (Å²) >= 11 is 1.84. The molecule has 4 nitrogen and oxygen atoms in total. The first-order valence-corrected chi connectivity index (χ1v) is 7.71. The lowest BCUT2D eigenvalue weighted by atomic mass is 10.1. The Bertz CT molecular complexity index is 670. The first kappa shape index (κ1) is 13.8. The molecule has 3 rings (SSSR count). The molecule has 1 heterocycles. The zero-order valence-electron chi connectivity index (χ0n) is 11.5. The molecule has 0 radical (unpaired) electrons. The summed E-state index contributed by atoms with van der Waals surface area (Å²) in [5, 5.41) is 8.93. The molecule has 0 aliphatic carbocycles. The number of rotatable bonds is 3. The minimum Gasteiger partial charge on any atom is -0.478 e. The Balaban J connectivity index is 1.83. The molecular formula is C16H16N2O2S. The number of carboxylic acid groups (broad SMARTS) is 1. The number of hydrogen-bond acceptors (Lipinski definition) is 4. The van der Waals surface area contributed by atoms with Crippen LogP contribution >= 0.6 is 11.8 Å². The van der Waals surface area contributed by atoms with Crippen LogP contribution in [-0.4, -0.2) is 23.4 Å². The van der Waals surface area contributed by atoms with E-state index in [1.807, 2.05) is 36.0 Å². The summed E-state index contributed by atoms with van der Waals surface area (Å²) in [6.45, 7) is 1.72. The second-order valence-electron chi connectivity index (χ2n) is 5.00. The van der Waals surface area contributed by atoms with Crippen molar-refractivity contribution in [2.45, 2.75) is 11.4 Å². The van der Waals surface area contributed by atoms with Crippen molar-refractivity contribution >= 4 is 29.1 Å². The highest BCUT2D eigenvalue weighted by Crippen LogP contribution is 2.36. The number of nitrogens with zero attached hydrogens (tertiary/aromatic N) is 1. The Kier molecular flexibility index (Phi) is 3.75. The Morgan fingerprint density at radius 3 is 2.71 bits per heavy atom. The van der Waals surface area contributed by atoms with Gasteiger partial charge in [-0.15, -0.1) is 11.8 Å². The van der Waals surface area contributed by atoms with E-state index < -0.39 is 5.97 Å². The zero-order valence-corrected chi connectivity index (χ0v) is 12.3. The van der Waals surface area contributed by atoms with Gasteiger partial charge in [-0.2, -0.15) is 0 Å². The fourth-order valence-electron chi connectivity index (χ4n) is 2.43. The van der Waals surface area contributed by atoms with Gasteiger partial charge >= 0.3 is 5.97 Å². The van der Waals surface area contributed by atoms with Crippen LogP contribution in [-0.2, 0) is 6.54 Å². The number of hydrogen-bond donors (Lipinski definition) is 2. The summed E-state index contributed by atoms with van der Waals surface area (Å²) in [6.07, 6.45) is 0. The number of fused-ring (bicyclic) bond motifs is 1. The number of carbonyl (C=O) groups is 1. The maximum absolute atomic E-state index is 10.9. The van der Waals surface area contributed by atoms with Gasteiger partial charge in [0.25, 0.3) is 0 Å². The summed E-state index contributed by atoms with van der Waals surface area (Å²) in [5.74, 6) is 0.151. The molecule has 108 valence electrons. The number of carboxylic acids is 1. The van der Waals surface area contributed by atoms with E-state index in [1.54, 1.807) is 12.1 Å². The Labute approximate surface area is 127 Å². The van der Waals surface area contributed by atoms with Crippen molar-refractivity contribution in [3.63, 3.8) is 0 Å². The standard InChI is InChI=1S/C16H16N2O2S/c17-13-5-6-15-14(9-13)18(7-8-21-15)10-11-1-3-12(4-2-11)16(19)20/h1-6,9H,7-8,10,17H2,(H,19,20). The van der Waals surface area contributed by atoms with E-state index in [0.717, 1.165) is 35.8 Å². The number of aromatic carboxylic acids is 1. The Hall–Kier alpha value is -2.14. The normalized spacial score (nSPS) is 13.8. The molecule has 0 aromatic heterocycles. The van der Waals surface area contributed by atoms with Crippen molar-refractivity contribution in [1.29, 1.82) is 0 Å². The van der Waals surface area contributed by atoms with E-state index in [2.05, 4.69) is 11.0 Å². The van der Waals surface area contributed by atoms with E-state index in [1.165, 1.54) is 4.90 Å². The molecule has 0 fully saturated rings. The second kappa shape index (κ2) is 5.69. The highest BCUT2D eigenvalue weighted by Gasteiger charge is 2.17. The average molecular weight is 300 g/mol. The SMILES string of the molecule is Nc1ccc2c(c1)N(Cc1ccc(C(=O)O)cc1)CCS2. The van der Waals surface area contributed by atoms with Gasteiger partial charge in [0, 0.05) is 29.4 Å². The molecule has 0 atom stereocenters. The van der Waals surface area contributed by atoms with Crippen LogP contribution in [0.25, 0.3) is 0 Å². The number of nitrogens with two attached hydrogens (primary N) is 1. The molecule has 0 saturated heterocycles. The lowest BCUT2D eigenvalue weighted by molar-refractivity contribution is 0.0697. The number of thioether (sulfide) groups is 1.